The molecule has 3 aromatic rings. The predicted molar refractivity (Wildman–Crippen MR) is 62.2 cm³/mol. The van der Waals surface area contributed by atoms with Crippen molar-refractivity contribution in [3.05, 3.63) is 48.0 Å². The first-order valence-corrected chi connectivity index (χ1v) is 5.06. The summed E-state index contributed by atoms with van der Waals surface area (Å²) in [5.74, 6) is 0. The Balaban J connectivity index is 2.72. The number of aromatic nitrogens is 2. The van der Waals surface area contributed by atoms with Crippen LogP contribution in [0.15, 0.2) is 36.8 Å². The number of fused-ring (bicyclic) bond motifs is 3. The second kappa shape index (κ2) is 3.07. The molecule has 0 aliphatic carbocycles. The van der Waals surface area contributed by atoms with Crippen molar-refractivity contribution >= 4 is 16.3 Å². The smallest absolute Gasteiger partial charge is 0.134 e. The Morgan fingerprint density at radius 1 is 1.31 bits per heavy atom. The Hall–Kier alpha value is -2.34. The molecule has 0 aliphatic rings. The first-order valence-electron chi connectivity index (χ1n) is 5.06. The zero-order valence-electron chi connectivity index (χ0n) is 8.81. The minimum Gasteiger partial charge on any atom is -0.307 e. The predicted octanol–water partition coefficient (Wildman–Crippen LogP) is 2.67. The molecular weight excluding hydrogens is 198 g/mol. The van der Waals surface area contributed by atoms with E-state index in [4.69, 9.17) is 0 Å². The molecule has 0 unspecified atom stereocenters. The van der Waals surface area contributed by atoms with E-state index < -0.39 is 0 Å². The van der Waals surface area contributed by atoms with Crippen molar-refractivity contribution in [2.24, 2.45) is 0 Å². The maximum Gasteiger partial charge on any atom is 0.134 e. The van der Waals surface area contributed by atoms with Crippen molar-refractivity contribution in [3.63, 3.8) is 0 Å². The van der Waals surface area contributed by atoms with Crippen LogP contribution in [0.25, 0.3) is 16.3 Å². The first-order chi connectivity index (χ1) is 7.83. The van der Waals surface area contributed by atoms with Gasteiger partial charge in [-0.15, -0.1) is 0 Å². The number of pyridine rings is 2. The molecule has 0 aliphatic heterocycles. The van der Waals surface area contributed by atoms with Crippen LogP contribution in [0.4, 0.5) is 0 Å². The molecule has 3 nitrogen and oxygen atoms in total. The molecule has 3 heteroatoms. The Morgan fingerprint density at radius 2 is 2.19 bits per heavy atom. The molecule has 3 heterocycles. The van der Waals surface area contributed by atoms with Crippen LogP contribution < -0.4 is 0 Å². The van der Waals surface area contributed by atoms with E-state index in [1.165, 1.54) is 5.56 Å². The minimum atomic E-state index is 0.654. The molecule has 3 aromatic heterocycles. The summed E-state index contributed by atoms with van der Waals surface area (Å²) in [4.78, 5) is 4.08. The van der Waals surface area contributed by atoms with Crippen LogP contribution in [0.1, 0.15) is 11.3 Å². The van der Waals surface area contributed by atoms with Crippen molar-refractivity contribution in [1.82, 2.24) is 9.38 Å². The van der Waals surface area contributed by atoms with Gasteiger partial charge in [0.25, 0.3) is 0 Å². The normalized spacial score (nSPS) is 10.8. The fourth-order valence-corrected chi connectivity index (χ4v) is 2.18. The second-order valence-electron chi connectivity index (χ2n) is 3.79. The number of hydrogen-bond acceptors (Lipinski definition) is 2. The van der Waals surface area contributed by atoms with Crippen LogP contribution in [0, 0.1) is 18.3 Å². The molecule has 0 fully saturated rings. The SMILES string of the molecule is Cc1cccn2c(C#N)c3cnccc3c12. The summed E-state index contributed by atoms with van der Waals surface area (Å²) in [7, 11) is 0. The second-order valence-corrected chi connectivity index (χ2v) is 3.79. The summed E-state index contributed by atoms with van der Waals surface area (Å²) < 4.78 is 1.93. The maximum atomic E-state index is 9.21. The van der Waals surface area contributed by atoms with Gasteiger partial charge in [0.05, 0.1) is 5.52 Å². The van der Waals surface area contributed by atoms with E-state index >= 15 is 0 Å². The van der Waals surface area contributed by atoms with Crippen LogP contribution in [0.2, 0.25) is 0 Å². The highest BCUT2D eigenvalue weighted by Crippen LogP contribution is 2.27. The molecule has 0 saturated heterocycles. The van der Waals surface area contributed by atoms with E-state index in [0.29, 0.717) is 5.69 Å². The van der Waals surface area contributed by atoms with E-state index in [1.54, 1.807) is 12.4 Å². The lowest BCUT2D eigenvalue weighted by molar-refractivity contribution is 1.15. The quantitative estimate of drug-likeness (QED) is 0.568. The molecule has 3 rings (SSSR count). The molecule has 0 saturated carbocycles. The molecule has 76 valence electrons. The standard InChI is InChI=1S/C13H9N3/c1-9-3-2-6-16-12(7-14)11-8-15-5-4-10(11)13(9)16/h2-6,8H,1H3. The molecule has 0 atom stereocenters. The summed E-state index contributed by atoms with van der Waals surface area (Å²) in [6, 6.07) is 8.21. The van der Waals surface area contributed by atoms with Gasteiger partial charge in [0.15, 0.2) is 0 Å². The summed E-state index contributed by atoms with van der Waals surface area (Å²) >= 11 is 0. The van der Waals surface area contributed by atoms with E-state index in [9.17, 15) is 5.26 Å². The molecule has 0 spiro atoms. The van der Waals surface area contributed by atoms with Crippen molar-refractivity contribution in [3.8, 4) is 6.07 Å². The number of rotatable bonds is 0. The number of nitrogens with zero attached hydrogens (tertiary/aromatic N) is 3. The van der Waals surface area contributed by atoms with E-state index in [-0.39, 0.29) is 0 Å². The Kier molecular flexibility index (Phi) is 1.72. The fraction of sp³-hybridized carbons (Fsp3) is 0.0769. The van der Waals surface area contributed by atoms with Gasteiger partial charge in [-0.3, -0.25) is 4.98 Å². The zero-order chi connectivity index (χ0) is 11.1. The van der Waals surface area contributed by atoms with Crippen molar-refractivity contribution in [2.75, 3.05) is 0 Å². The van der Waals surface area contributed by atoms with Crippen molar-refractivity contribution in [2.45, 2.75) is 6.92 Å². The highest BCUT2D eigenvalue weighted by molar-refractivity contribution is 6.01. The molecule has 0 aromatic carbocycles. The van der Waals surface area contributed by atoms with E-state index in [1.807, 2.05) is 22.7 Å². The monoisotopic (exact) mass is 207 g/mol. The molecule has 0 radical (unpaired) electrons. The topological polar surface area (TPSA) is 41.1 Å². The Bertz CT molecular complexity index is 732. The lowest BCUT2D eigenvalue weighted by Gasteiger charge is -1.98. The van der Waals surface area contributed by atoms with Gasteiger partial charge in [0.2, 0.25) is 0 Å². The van der Waals surface area contributed by atoms with Crippen molar-refractivity contribution < 1.29 is 0 Å². The number of nitriles is 1. The minimum absolute atomic E-state index is 0.654. The van der Waals surface area contributed by atoms with Crippen LogP contribution in [-0.4, -0.2) is 9.38 Å². The summed E-state index contributed by atoms with van der Waals surface area (Å²) in [6.45, 7) is 2.05. The van der Waals surface area contributed by atoms with Crippen molar-refractivity contribution in [1.29, 1.82) is 5.26 Å². The summed E-state index contributed by atoms with van der Waals surface area (Å²) in [5, 5.41) is 11.2. The average Bonchev–Trinajstić information content (AvgIpc) is 2.64. The lowest BCUT2D eigenvalue weighted by atomic mass is 10.2. The average molecular weight is 207 g/mol. The molecular formula is C13H9N3. The third kappa shape index (κ3) is 0.986. The summed E-state index contributed by atoms with van der Waals surface area (Å²) in [6.07, 6.45) is 5.43. The van der Waals surface area contributed by atoms with Gasteiger partial charge in [-0.1, -0.05) is 6.07 Å². The zero-order valence-corrected chi connectivity index (χ0v) is 8.81. The van der Waals surface area contributed by atoms with Gasteiger partial charge in [-0.25, -0.2) is 0 Å². The largest absolute Gasteiger partial charge is 0.307 e. The van der Waals surface area contributed by atoms with Gasteiger partial charge in [-0.2, -0.15) is 5.26 Å². The Labute approximate surface area is 92.6 Å². The molecule has 0 amide bonds. The van der Waals surface area contributed by atoms with Crippen LogP contribution in [0.5, 0.6) is 0 Å². The van der Waals surface area contributed by atoms with Gasteiger partial charge < -0.3 is 4.40 Å². The number of hydrogen-bond donors (Lipinski definition) is 0. The fourth-order valence-electron chi connectivity index (χ4n) is 2.18. The highest BCUT2D eigenvalue weighted by atomic mass is 14.9. The molecule has 0 N–H and O–H groups in total. The van der Waals surface area contributed by atoms with Gasteiger partial charge in [0.1, 0.15) is 11.8 Å². The molecule has 0 bridgehead atoms. The maximum absolute atomic E-state index is 9.21. The van der Waals surface area contributed by atoms with E-state index in [0.717, 1.165) is 16.3 Å². The first kappa shape index (κ1) is 8.93. The van der Waals surface area contributed by atoms with Gasteiger partial charge >= 0.3 is 0 Å². The highest BCUT2D eigenvalue weighted by Gasteiger charge is 2.11. The lowest BCUT2D eigenvalue weighted by Crippen LogP contribution is -1.88. The van der Waals surface area contributed by atoms with Crippen LogP contribution in [0.3, 0.4) is 0 Å². The van der Waals surface area contributed by atoms with E-state index in [2.05, 4.69) is 24.0 Å². The van der Waals surface area contributed by atoms with Crippen LogP contribution in [-0.2, 0) is 0 Å². The van der Waals surface area contributed by atoms with Crippen LogP contribution >= 0.6 is 0 Å². The summed E-state index contributed by atoms with van der Waals surface area (Å²) in [5.41, 5.74) is 2.92. The molecule has 16 heavy (non-hydrogen) atoms. The third-order valence-electron chi connectivity index (χ3n) is 2.87. The number of aryl methyl sites for hydroxylation is 1. The van der Waals surface area contributed by atoms with Gasteiger partial charge in [-0.05, 0) is 24.6 Å². The van der Waals surface area contributed by atoms with Gasteiger partial charge in [0, 0.05) is 29.4 Å². The Morgan fingerprint density at radius 3 is 3.00 bits per heavy atom. The third-order valence-corrected chi connectivity index (χ3v) is 2.87.